The Labute approximate surface area is 198 Å². The molecule has 0 fully saturated rings. The summed E-state index contributed by atoms with van der Waals surface area (Å²) < 4.78 is 4.80. The van der Waals surface area contributed by atoms with Crippen LogP contribution in [0, 0.1) is 0 Å². The van der Waals surface area contributed by atoms with Gasteiger partial charge in [0.05, 0.1) is 22.1 Å². The molecule has 0 aliphatic rings. The molecule has 1 radical (unpaired) electrons. The molecule has 0 saturated carbocycles. The zero-order valence-corrected chi connectivity index (χ0v) is 18.9. The van der Waals surface area contributed by atoms with Crippen LogP contribution in [0.1, 0.15) is 0 Å². The van der Waals surface area contributed by atoms with Crippen molar-refractivity contribution < 1.29 is 0 Å². The van der Waals surface area contributed by atoms with Crippen LogP contribution in [0.15, 0.2) is 115 Å². The van der Waals surface area contributed by atoms with Gasteiger partial charge in [-0.15, -0.1) is 0 Å². The molecule has 0 saturated heterocycles. The van der Waals surface area contributed by atoms with Crippen LogP contribution in [-0.2, 0) is 0 Å². The second-order valence-corrected chi connectivity index (χ2v) is 8.81. The van der Waals surface area contributed by atoms with Gasteiger partial charge in [-0.2, -0.15) is 0 Å². The molecule has 0 N–H and O–H groups in total. The Morgan fingerprint density at radius 2 is 0.765 bits per heavy atom. The van der Waals surface area contributed by atoms with Gasteiger partial charge in [0.1, 0.15) is 7.28 Å². The molecule has 2 heterocycles. The molecule has 7 rings (SSSR count). The molecule has 3 heteroatoms. The first kappa shape index (κ1) is 19.3. The number of rotatable bonds is 3. The van der Waals surface area contributed by atoms with Gasteiger partial charge < -0.3 is 9.13 Å². The summed E-state index contributed by atoms with van der Waals surface area (Å²) in [6, 6.07) is 41.7. The SMILES string of the molecule is C[B]c1cc(-n2c3ccccc3c3ccccc32)cc(-n2c3ccccc3c3ccccc32)c1. The first-order chi connectivity index (χ1) is 16.8. The largest absolute Gasteiger partial charge is 0.309 e. The van der Waals surface area contributed by atoms with E-state index in [1.807, 2.05) is 0 Å². The second-order valence-electron chi connectivity index (χ2n) is 8.81. The van der Waals surface area contributed by atoms with E-state index in [2.05, 4.69) is 138 Å². The molecule has 0 unspecified atom stereocenters. The maximum absolute atomic E-state index is 2.40. The summed E-state index contributed by atoms with van der Waals surface area (Å²) in [6.07, 6.45) is 0. The van der Waals surface area contributed by atoms with Crippen LogP contribution < -0.4 is 5.46 Å². The summed E-state index contributed by atoms with van der Waals surface area (Å²) in [5.74, 6) is 0. The Morgan fingerprint density at radius 1 is 0.441 bits per heavy atom. The van der Waals surface area contributed by atoms with Gasteiger partial charge in [0, 0.05) is 32.9 Å². The van der Waals surface area contributed by atoms with Crippen LogP contribution in [0.4, 0.5) is 0 Å². The van der Waals surface area contributed by atoms with E-state index in [9.17, 15) is 0 Å². The van der Waals surface area contributed by atoms with Gasteiger partial charge in [0.25, 0.3) is 0 Å². The van der Waals surface area contributed by atoms with Crippen molar-refractivity contribution in [2.75, 3.05) is 0 Å². The lowest BCUT2D eigenvalue weighted by molar-refractivity contribution is 1.14. The minimum absolute atomic E-state index is 1.17. The van der Waals surface area contributed by atoms with E-state index in [4.69, 9.17) is 0 Å². The average Bonchev–Trinajstić information content (AvgIpc) is 3.42. The first-order valence-electron chi connectivity index (χ1n) is 11.7. The van der Waals surface area contributed by atoms with E-state index in [-0.39, 0.29) is 0 Å². The summed E-state index contributed by atoms with van der Waals surface area (Å²) in [4.78, 5) is 0. The molecule has 0 aliphatic heterocycles. The van der Waals surface area contributed by atoms with E-state index in [1.165, 1.54) is 60.4 Å². The van der Waals surface area contributed by atoms with E-state index < -0.39 is 0 Å². The van der Waals surface area contributed by atoms with Crippen LogP contribution in [0.5, 0.6) is 0 Å². The number of benzene rings is 5. The molecule has 159 valence electrons. The normalized spacial score (nSPS) is 11.7. The molecule has 5 aromatic carbocycles. The highest BCUT2D eigenvalue weighted by Crippen LogP contribution is 2.34. The summed E-state index contributed by atoms with van der Waals surface area (Å²) >= 11 is 0. The molecule has 0 spiro atoms. The van der Waals surface area contributed by atoms with Crippen molar-refractivity contribution in [1.29, 1.82) is 0 Å². The van der Waals surface area contributed by atoms with E-state index in [0.29, 0.717) is 0 Å². The van der Waals surface area contributed by atoms with Gasteiger partial charge in [-0.05, 0) is 42.5 Å². The number of hydrogen-bond donors (Lipinski definition) is 0. The van der Waals surface area contributed by atoms with Crippen molar-refractivity contribution in [3.8, 4) is 11.4 Å². The molecule has 2 aromatic heterocycles. The number of aromatic nitrogens is 2. The third-order valence-electron chi connectivity index (χ3n) is 6.93. The standard InChI is InChI=1S/C31H22BN2/c1-32-21-18-22(33-28-14-6-2-10-24(28)25-11-3-7-15-29(25)33)20-23(19-21)34-30-16-8-4-12-26(30)27-13-5-9-17-31(27)34/h2-20H,1H3. The van der Waals surface area contributed by atoms with Gasteiger partial charge in [-0.25, -0.2) is 0 Å². The zero-order valence-electron chi connectivity index (χ0n) is 18.9. The predicted octanol–water partition coefficient (Wildman–Crippen LogP) is 7.26. The molecule has 0 amide bonds. The average molecular weight is 433 g/mol. The zero-order chi connectivity index (χ0) is 22.6. The van der Waals surface area contributed by atoms with Crippen LogP contribution >= 0.6 is 0 Å². The van der Waals surface area contributed by atoms with Gasteiger partial charge in [-0.1, -0.05) is 85.1 Å². The first-order valence-corrected chi connectivity index (χ1v) is 11.7. The lowest BCUT2D eigenvalue weighted by atomic mass is 9.73. The quantitative estimate of drug-likeness (QED) is 0.260. The number of nitrogens with zero attached hydrogens (tertiary/aromatic N) is 2. The molecular formula is C31H22BN2. The highest BCUT2D eigenvalue weighted by atomic mass is 15.0. The maximum Gasteiger partial charge on any atom is 0.148 e. The van der Waals surface area contributed by atoms with Gasteiger partial charge in [-0.3, -0.25) is 0 Å². The summed E-state index contributed by atoms with van der Waals surface area (Å²) in [5.41, 5.74) is 8.46. The molecule has 0 bridgehead atoms. The monoisotopic (exact) mass is 433 g/mol. The summed E-state index contributed by atoms with van der Waals surface area (Å²) in [5, 5.41) is 5.12. The number of fused-ring (bicyclic) bond motifs is 6. The van der Waals surface area contributed by atoms with Crippen LogP contribution in [-0.4, -0.2) is 16.4 Å². The predicted molar refractivity (Wildman–Crippen MR) is 146 cm³/mol. The smallest absolute Gasteiger partial charge is 0.148 e. The van der Waals surface area contributed by atoms with E-state index >= 15 is 0 Å². The van der Waals surface area contributed by atoms with Crippen molar-refractivity contribution in [1.82, 2.24) is 9.13 Å². The highest BCUT2D eigenvalue weighted by molar-refractivity contribution is 6.52. The van der Waals surface area contributed by atoms with Crippen LogP contribution in [0.3, 0.4) is 0 Å². The van der Waals surface area contributed by atoms with Crippen molar-refractivity contribution in [3.05, 3.63) is 115 Å². The molecule has 0 aliphatic carbocycles. The fourth-order valence-corrected chi connectivity index (χ4v) is 5.44. The van der Waals surface area contributed by atoms with E-state index in [1.54, 1.807) is 0 Å². The lowest BCUT2D eigenvalue weighted by Crippen LogP contribution is -2.14. The minimum atomic E-state index is 1.17. The van der Waals surface area contributed by atoms with Crippen molar-refractivity contribution in [2.24, 2.45) is 0 Å². The molecule has 0 atom stereocenters. The fourth-order valence-electron chi connectivity index (χ4n) is 5.44. The van der Waals surface area contributed by atoms with E-state index in [0.717, 1.165) is 0 Å². The Balaban J connectivity index is 1.59. The van der Waals surface area contributed by atoms with Gasteiger partial charge >= 0.3 is 0 Å². The van der Waals surface area contributed by atoms with Crippen molar-refractivity contribution in [2.45, 2.75) is 6.82 Å². The Morgan fingerprint density at radius 3 is 1.09 bits per heavy atom. The third kappa shape index (κ3) is 2.70. The molecule has 34 heavy (non-hydrogen) atoms. The fraction of sp³-hybridized carbons (Fsp3) is 0.0323. The Kier molecular flexibility index (Phi) is 4.19. The summed E-state index contributed by atoms with van der Waals surface area (Å²) in [7, 11) is 2.19. The van der Waals surface area contributed by atoms with Crippen molar-refractivity contribution >= 4 is 56.4 Å². The Hall–Kier alpha value is -4.24. The minimum Gasteiger partial charge on any atom is -0.309 e. The van der Waals surface area contributed by atoms with Crippen molar-refractivity contribution in [3.63, 3.8) is 0 Å². The lowest BCUT2D eigenvalue weighted by Gasteiger charge is -2.15. The van der Waals surface area contributed by atoms with Crippen LogP contribution in [0.25, 0.3) is 55.0 Å². The molecule has 7 aromatic rings. The number of hydrogen-bond acceptors (Lipinski definition) is 0. The Bertz CT molecular complexity index is 1620. The molecule has 2 nitrogen and oxygen atoms in total. The van der Waals surface area contributed by atoms with Gasteiger partial charge in [0.15, 0.2) is 0 Å². The maximum atomic E-state index is 2.40. The van der Waals surface area contributed by atoms with Gasteiger partial charge in [0.2, 0.25) is 0 Å². The second kappa shape index (κ2) is 7.39. The van der Waals surface area contributed by atoms with Crippen LogP contribution in [0.2, 0.25) is 6.82 Å². The topological polar surface area (TPSA) is 9.86 Å². The summed E-state index contributed by atoms with van der Waals surface area (Å²) in [6.45, 7) is 2.11. The number of para-hydroxylation sites is 4. The highest BCUT2D eigenvalue weighted by Gasteiger charge is 2.16. The third-order valence-corrected chi connectivity index (χ3v) is 6.93. The molecular weight excluding hydrogens is 411 g/mol.